The van der Waals surface area contributed by atoms with Crippen molar-refractivity contribution in [1.82, 2.24) is 0 Å². The average Bonchev–Trinajstić information content (AvgIpc) is 2.43. The van der Waals surface area contributed by atoms with Crippen molar-refractivity contribution < 1.29 is 19.4 Å². The van der Waals surface area contributed by atoms with Crippen LogP contribution < -0.4 is 0 Å². The van der Waals surface area contributed by atoms with Gasteiger partial charge in [0.05, 0.1) is 18.4 Å². The largest absolute Gasteiger partial charge is 0.396 e. The van der Waals surface area contributed by atoms with Crippen LogP contribution in [0.3, 0.4) is 0 Å². The maximum atomic E-state index is 11.2. The van der Waals surface area contributed by atoms with Crippen LogP contribution in [0.2, 0.25) is 0 Å². The molecule has 1 saturated heterocycles. The Labute approximate surface area is 75.2 Å². The molecule has 3 atom stereocenters. The van der Waals surface area contributed by atoms with E-state index in [-0.39, 0.29) is 18.4 Å². The summed E-state index contributed by atoms with van der Waals surface area (Å²) in [7, 11) is 0. The molecular formula is C9H10O4. The molecule has 0 saturated carbocycles. The van der Waals surface area contributed by atoms with Crippen LogP contribution in [0.5, 0.6) is 0 Å². The lowest BCUT2D eigenvalue weighted by molar-refractivity contribution is -0.154. The molecule has 0 spiro atoms. The smallest absolute Gasteiger partial charge is 0.318 e. The summed E-state index contributed by atoms with van der Waals surface area (Å²) in [5.41, 5.74) is 0. The minimum atomic E-state index is -0.488. The Kier molecular flexibility index (Phi) is 1.92. The molecule has 0 aromatic carbocycles. The summed E-state index contributed by atoms with van der Waals surface area (Å²) >= 11 is 0. The number of hydrogen-bond acceptors (Lipinski definition) is 4. The number of carbonyl (C=O) groups is 2. The molecule has 0 amide bonds. The van der Waals surface area contributed by atoms with Gasteiger partial charge in [0.2, 0.25) is 0 Å². The second kappa shape index (κ2) is 2.96. The quantitative estimate of drug-likeness (QED) is 0.348. The van der Waals surface area contributed by atoms with Crippen LogP contribution in [0, 0.1) is 17.8 Å². The molecule has 2 rings (SSSR count). The molecule has 0 aromatic heterocycles. The fraction of sp³-hybridized carbons (Fsp3) is 0.556. The maximum absolute atomic E-state index is 11.2. The molecule has 0 bridgehead atoms. The predicted molar refractivity (Wildman–Crippen MR) is 42.4 cm³/mol. The number of carbonyl (C=O) groups excluding carboxylic acids is 2. The Morgan fingerprint density at radius 2 is 2.23 bits per heavy atom. The lowest BCUT2D eigenvalue weighted by atomic mass is 9.78. The summed E-state index contributed by atoms with van der Waals surface area (Å²) in [4.78, 5) is 22.3. The second-order valence-corrected chi connectivity index (χ2v) is 3.38. The SMILES string of the molecule is O=C1OC(=O)C2C(CO)C=CCC12. The molecule has 3 unspecified atom stereocenters. The zero-order valence-corrected chi connectivity index (χ0v) is 6.97. The molecule has 13 heavy (non-hydrogen) atoms. The van der Waals surface area contributed by atoms with Gasteiger partial charge in [0, 0.05) is 5.92 Å². The van der Waals surface area contributed by atoms with Crippen molar-refractivity contribution in [3.8, 4) is 0 Å². The lowest BCUT2D eigenvalue weighted by Gasteiger charge is -2.22. The Hall–Kier alpha value is -1.16. The van der Waals surface area contributed by atoms with E-state index in [9.17, 15) is 9.59 Å². The molecule has 4 nitrogen and oxygen atoms in total. The van der Waals surface area contributed by atoms with E-state index in [0.717, 1.165) is 0 Å². The van der Waals surface area contributed by atoms with E-state index in [1.54, 1.807) is 6.08 Å². The summed E-state index contributed by atoms with van der Waals surface area (Å²) in [6, 6.07) is 0. The minimum Gasteiger partial charge on any atom is -0.396 e. The number of hydrogen-bond donors (Lipinski definition) is 1. The van der Waals surface area contributed by atoms with Crippen LogP contribution in [-0.2, 0) is 14.3 Å². The molecule has 2 aliphatic rings. The third-order valence-electron chi connectivity index (χ3n) is 2.65. The minimum absolute atomic E-state index is 0.111. The second-order valence-electron chi connectivity index (χ2n) is 3.38. The van der Waals surface area contributed by atoms with E-state index >= 15 is 0 Å². The highest BCUT2D eigenvalue weighted by atomic mass is 16.6. The molecule has 70 valence electrons. The van der Waals surface area contributed by atoms with Crippen molar-refractivity contribution >= 4 is 11.9 Å². The Bertz CT molecular complexity index is 281. The van der Waals surface area contributed by atoms with Crippen molar-refractivity contribution in [1.29, 1.82) is 0 Å². The first-order valence-corrected chi connectivity index (χ1v) is 4.27. The number of cyclic esters (lactones) is 2. The normalized spacial score (nSPS) is 37.5. The van der Waals surface area contributed by atoms with Crippen molar-refractivity contribution in [2.45, 2.75) is 6.42 Å². The predicted octanol–water partition coefficient (Wildman–Crippen LogP) is -0.129. The summed E-state index contributed by atoms with van der Waals surface area (Å²) < 4.78 is 4.51. The van der Waals surface area contributed by atoms with Crippen LogP contribution in [0.25, 0.3) is 0 Å². The van der Waals surface area contributed by atoms with Crippen molar-refractivity contribution in [3.05, 3.63) is 12.2 Å². The molecule has 0 radical (unpaired) electrons. The zero-order chi connectivity index (χ0) is 9.42. The van der Waals surface area contributed by atoms with Crippen LogP contribution in [-0.4, -0.2) is 23.7 Å². The van der Waals surface area contributed by atoms with Gasteiger partial charge in [-0.1, -0.05) is 12.2 Å². The maximum Gasteiger partial charge on any atom is 0.318 e. The van der Waals surface area contributed by atoms with Gasteiger partial charge in [-0.3, -0.25) is 9.59 Å². The van der Waals surface area contributed by atoms with E-state index in [4.69, 9.17) is 5.11 Å². The number of aliphatic hydroxyl groups is 1. The number of esters is 2. The summed E-state index contributed by atoms with van der Waals surface area (Å²) in [6.45, 7) is -0.111. The molecule has 1 N–H and O–H groups in total. The molecule has 1 aliphatic heterocycles. The topological polar surface area (TPSA) is 63.6 Å². The lowest BCUT2D eigenvalue weighted by Crippen LogP contribution is -2.29. The van der Waals surface area contributed by atoms with E-state index in [2.05, 4.69) is 4.74 Å². The zero-order valence-electron chi connectivity index (χ0n) is 6.97. The Morgan fingerprint density at radius 1 is 1.46 bits per heavy atom. The number of fused-ring (bicyclic) bond motifs is 1. The fourth-order valence-corrected chi connectivity index (χ4v) is 1.96. The summed E-state index contributed by atoms with van der Waals surface area (Å²) in [5, 5.41) is 8.97. The number of allylic oxidation sites excluding steroid dienone is 1. The summed E-state index contributed by atoms with van der Waals surface area (Å²) in [6.07, 6.45) is 4.15. The average molecular weight is 182 g/mol. The first kappa shape index (κ1) is 8.44. The third kappa shape index (κ3) is 1.18. The Morgan fingerprint density at radius 3 is 2.92 bits per heavy atom. The highest BCUT2D eigenvalue weighted by Crippen LogP contribution is 2.36. The molecule has 1 heterocycles. The van der Waals surface area contributed by atoms with Crippen molar-refractivity contribution in [2.75, 3.05) is 6.61 Å². The monoisotopic (exact) mass is 182 g/mol. The van der Waals surface area contributed by atoms with Gasteiger partial charge in [-0.2, -0.15) is 0 Å². The van der Waals surface area contributed by atoms with Gasteiger partial charge in [-0.25, -0.2) is 0 Å². The van der Waals surface area contributed by atoms with Gasteiger partial charge < -0.3 is 9.84 Å². The third-order valence-corrected chi connectivity index (χ3v) is 2.65. The van der Waals surface area contributed by atoms with Gasteiger partial charge in [-0.05, 0) is 6.42 Å². The molecule has 0 aromatic rings. The summed E-state index contributed by atoms with van der Waals surface area (Å²) in [5.74, 6) is -2.01. The van der Waals surface area contributed by atoms with Gasteiger partial charge in [0.15, 0.2) is 0 Å². The van der Waals surface area contributed by atoms with Gasteiger partial charge in [0.25, 0.3) is 0 Å². The van der Waals surface area contributed by atoms with E-state index in [1.807, 2.05) is 6.08 Å². The molecule has 1 aliphatic carbocycles. The van der Waals surface area contributed by atoms with Crippen molar-refractivity contribution in [3.63, 3.8) is 0 Å². The van der Waals surface area contributed by atoms with Crippen molar-refractivity contribution in [2.24, 2.45) is 17.8 Å². The number of rotatable bonds is 1. The number of aliphatic hydroxyl groups excluding tert-OH is 1. The van der Waals surface area contributed by atoms with Gasteiger partial charge in [-0.15, -0.1) is 0 Å². The first-order chi connectivity index (χ1) is 6.24. The van der Waals surface area contributed by atoms with Crippen LogP contribution in [0.4, 0.5) is 0 Å². The highest BCUT2D eigenvalue weighted by Gasteiger charge is 2.48. The van der Waals surface area contributed by atoms with Gasteiger partial charge in [0.1, 0.15) is 0 Å². The molecular weight excluding hydrogens is 172 g/mol. The van der Waals surface area contributed by atoms with Crippen LogP contribution in [0.15, 0.2) is 12.2 Å². The molecule has 4 heteroatoms. The first-order valence-electron chi connectivity index (χ1n) is 4.27. The van der Waals surface area contributed by atoms with E-state index in [0.29, 0.717) is 6.42 Å². The molecule has 1 fully saturated rings. The van der Waals surface area contributed by atoms with Gasteiger partial charge >= 0.3 is 11.9 Å². The van der Waals surface area contributed by atoms with E-state index < -0.39 is 17.9 Å². The highest BCUT2D eigenvalue weighted by molar-refractivity contribution is 5.97. The Balaban J connectivity index is 2.29. The van der Waals surface area contributed by atoms with Crippen LogP contribution >= 0.6 is 0 Å². The van der Waals surface area contributed by atoms with E-state index in [1.165, 1.54) is 0 Å². The standard InChI is InChI=1S/C9H10O4/c10-4-5-2-1-3-6-7(5)9(12)13-8(6)11/h1-2,5-7,10H,3-4H2. The van der Waals surface area contributed by atoms with Crippen LogP contribution in [0.1, 0.15) is 6.42 Å². The fourth-order valence-electron chi connectivity index (χ4n) is 1.96. The number of ether oxygens (including phenoxy) is 1.